The predicted octanol–water partition coefficient (Wildman–Crippen LogP) is 2.47. The maximum Gasteiger partial charge on any atom is 0.107 e. The molecule has 0 amide bonds. The summed E-state index contributed by atoms with van der Waals surface area (Å²) in [5, 5.41) is 3.28. The molecular formula is C14H17N3S. The fraction of sp³-hybridized carbons (Fsp3) is 0.357. The van der Waals surface area contributed by atoms with Crippen molar-refractivity contribution in [2.24, 2.45) is 0 Å². The minimum atomic E-state index is 1.00. The van der Waals surface area contributed by atoms with E-state index in [1.165, 1.54) is 10.7 Å². The lowest BCUT2D eigenvalue weighted by Crippen LogP contribution is -2.45. The Morgan fingerprint density at radius 3 is 2.50 bits per heavy atom. The van der Waals surface area contributed by atoms with Gasteiger partial charge < -0.3 is 4.90 Å². The van der Waals surface area contributed by atoms with E-state index in [0.717, 1.165) is 32.7 Å². The lowest BCUT2D eigenvalue weighted by molar-refractivity contribution is 0.249. The summed E-state index contributed by atoms with van der Waals surface area (Å²) in [5.74, 6) is 0. The van der Waals surface area contributed by atoms with Crippen LogP contribution in [-0.2, 0) is 6.54 Å². The molecule has 0 unspecified atom stereocenters. The minimum Gasteiger partial charge on any atom is -0.369 e. The van der Waals surface area contributed by atoms with Gasteiger partial charge in [-0.15, -0.1) is 11.3 Å². The van der Waals surface area contributed by atoms with Crippen molar-refractivity contribution < 1.29 is 0 Å². The molecule has 0 saturated carbocycles. The molecule has 94 valence electrons. The SMILES string of the molecule is c1ccc(N2CCN(Cc3nccs3)CC2)cc1. The van der Waals surface area contributed by atoms with Gasteiger partial charge in [-0.05, 0) is 12.1 Å². The van der Waals surface area contributed by atoms with E-state index in [0.29, 0.717) is 0 Å². The van der Waals surface area contributed by atoms with Crippen LogP contribution in [0.1, 0.15) is 5.01 Å². The molecule has 0 aliphatic carbocycles. The number of anilines is 1. The van der Waals surface area contributed by atoms with Crippen molar-refractivity contribution in [2.45, 2.75) is 6.54 Å². The second-order valence-corrected chi connectivity index (χ2v) is 5.50. The molecule has 0 bridgehead atoms. The normalized spacial score (nSPS) is 17.0. The predicted molar refractivity (Wildman–Crippen MR) is 76.0 cm³/mol. The lowest BCUT2D eigenvalue weighted by atomic mass is 10.2. The second kappa shape index (κ2) is 5.50. The third-order valence-corrected chi connectivity index (χ3v) is 4.10. The van der Waals surface area contributed by atoms with Gasteiger partial charge in [0.25, 0.3) is 0 Å². The number of nitrogens with zero attached hydrogens (tertiary/aromatic N) is 3. The van der Waals surface area contributed by atoms with E-state index in [9.17, 15) is 0 Å². The van der Waals surface area contributed by atoms with E-state index < -0.39 is 0 Å². The maximum absolute atomic E-state index is 4.35. The first-order valence-corrected chi connectivity index (χ1v) is 7.20. The van der Waals surface area contributed by atoms with Gasteiger partial charge in [0, 0.05) is 43.4 Å². The van der Waals surface area contributed by atoms with Gasteiger partial charge in [-0.3, -0.25) is 4.90 Å². The Kier molecular flexibility index (Phi) is 3.57. The fourth-order valence-corrected chi connectivity index (χ4v) is 2.98. The molecular weight excluding hydrogens is 242 g/mol. The monoisotopic (exact) mass is 259 g/mol. The first-order valence-electron chi connectivity index (χ1n) is 6.32. The molecule has 18 heavy (non-hydrogen) atoms. The molecule has 2 heterocycles. The molecule has 1 aromatic carbocycles. The zero-order chi connectivity index (χ0) is 12.2. The van der Waals surface area contributed by atoms with E-state index in [2.05, 4.69) is 50.5 Å². The molecule has 3 nitrogen and oxygen atoms in total. The van der Waals surface area contributed by atoms with Crippen molar-refractivity contribution in [1.29, 1.82) is 0 Å². The van der Waals surface area contributed by atoms with Crippen molar-refractivity contribution in [3.63, 3.8) is 0 Å². The zero-order valence-corrected chi connectivity index (χ0v) is 11.1. The Bertz CT molecular complexity index is 461. The fourth-order valence-electron chi connectivity index (χ4n) is 2.33. The molecule has 2 aromatic rings. The average molecular weight is 259 g/mol. The number of hydrogen-bond donors (Lipinski definition) is 0. The van der Waals surface area contributed by atoms with Gasteiger partial charge in [0.2, 0.25) is 0 Å². The highest BCUT2D eigenvalue weighted by atomic mass is 32.1. The summed E-state index contributed by atoms with van der Waals surface area (Å²) in [4.78, 5) is 9.29. The molecule has 1 aliphatic rings. The minimum absolute atomic E-state index is 1.00. The Morgan fingerprint density at radius 2 is 1.83 bits per heavy atom. The summed E-state index contributed by atoms with van der Waals surface area (Å²) in [5.41, 5.74) is 1.34. The molecule has 1 aromatic heterocycles. The number of aromatic nitrogens is 1. The Labute approximate surface area is 112 Å². The van der Waals surface area contributed by atoms with Crippen LogP contribution in [0.3, 0.4) is 0 Å². The second-order valence-electron chi connectivity index (χ2n) is 4.52. The van der Waals surface area contributed by atoms with Crippen LogP contribution in [0.4, 0.5) is 5.69 Å². The number of piperazine rings is 1. The number of hydrogen-bond acceptors (Lipinski definition) is 4. The van der Waals surface area contributed by atoms with E-state index in [4.69, 9.17) is 0 Å². The van der Waals surface area contributed by atoms with Gasteiger partial charge in [0.15, 0.2) is 0 Å². The largest absolute Gasteiger partial charge is 0.369 e. The van der Waals surface area contributed by atoms with Gasteiger partial charge in [-0.1, -0.05) is 18.2 Å². The van der Waals surface area contributed by atoms with Crippen LogP contribution >= 0.6 is 11.3 Å². The van der Waals surface area contributed by atoms with Gasteiger partial charge in [-0.25, -0.2) is 4.98 Å². The lowest BCUT2D eigenvalue weighted by Gasteiger charge is -2.35. The van der Waals surface area contributed by atoms with E-state index in [1.54, 1.807) is 11.3 Å². The summed E-state index contributed by atoms with van der Waals surface area (Å²) < 4.78 is 0. The van der Waals surface area contributed by atoms with Crippen molar-refractivity contribution in [2.75, 3.05) is 31.1 Å². The van der Waals surface area contributed by atoms with Crippen LogP contribution in [0, 0.1) is 0 Å². The van der Waals surface area contributed by atoms with Crippen LogP contribution in [0.5, 0.6) is 0 Å². The first-order chi connectivity index (χ1) is 8.92. The van der Waals surface area contributed by atoms with Crippen LogP contribution in [0.2, 0.25) is 0 Å². The average Bonchev–Trinajstić information content (AvgIpc) is 2.94. The molecule has 0 N–H and O–H groups in total. The summed E-state index contributed by atoms with van der Waals surface area (Å²) in [6.45, 7) is 5.45. The van der Waals surface area contributed by atoms with Crippen molar-refractivity contribution >= 4 is 17.0 Å². The van der Waals surface area contributed by atoms with E-state index >= 15 is 0 Å². The molecule has 3 rings (SSSR count). The summed E-state index contributed by atoms with van der Waals surface area (Å²) in [6.07, 6.45) is 1.89. The van der Waals surface area contributed by atoms with Gasteiger partial charge in [0.05, 0.1) is 6.54 Å². The van der Waals surface area contributed by atoms with Crippen LogP contribution in [0.25, 0.3) is 0 Å². The molecule has 0 spiro atoms. The number of rotatable bonds is 3. The third-order valence-electron chi connectivity index (χ3n) is 3.34. The molecule has 4 heteroatoms. The Morgan fingerprint density at radius 1 is 1.06 bits per heavy atom. The summed E-state index contributed by atoms with van der Waals surface area (Å²) in [7, 11) is 0. The van der Waals surface area contributed by atoms with Crippen LogP contribution in [0.15, 0.2) is 41.9 Å². The molecule has 1 fully saturated rings. The standard InChI is InChI=1S/C14H17N3S/c1-2-4-13(5-3-1)17-9-7-16(8-10-17)12-14-15-6-11-18-14/h1-6,11H,7-10,12H2. The highest BCUT2D eigenvalue weighted by Gasteiger charge is 2.17. The van der Waals surface area contributed by atoms with Crippen LogP contribution < -0.4 is 4.90 Å². The molecule has 1 aliphatic heterocycles. The van der Waals surface area contributed by atoms with Crippen molar-refractivity contribution in [1.82, 2.24) is 9.88 Å². The van der Waals surface area contributed by atoms with E-state index in [-0.39, 0.29) is 0 Å². The van der Waals surface area contributed by atoms with Crippen molar-refractivity contribution in [3.05, 3.63) is 46.9 Å². The number of thiazole rings is 1. The molecule has 0 atom stereocenters. The molecule has 0 radical (unpaired) electrons. The summed E-state index contributed by atoms with van der Waals surface area (Å²) in [6, 6.07) is 10.7. The first kappa shape index (κ1) is 11.7. The number of para-hydroxylation sites is 1. The van der Waals surface area contributed by atoms with Gasteiger partial charge in [-0.2, -0.15) is 0 Å². The van der Waals surface area contributed by atoms with Crippen molar-refractivity contribution in [3.8, 4) is 0 Å². The Hall–Kier alpha value is -1.39. The highest BCUT2D eigenvalue weighted by molar-refractivity contribution is 7.09. The number of benzene rings is 1. The summed E-state index contributed by atoms with van der Waals surface area (Å²) >= 11 is 1.75. The zero-order valence-electron chi connectivity index (χ0n) is 10.3. The Balaban J connectivity index is 1.55. The quantitative estimate of drug-likeness (QED) is 0.844. The van der Waals surface area contributed by atoms with Gasteiger partial charge >= 0.3 is 0 Å². The topological polar surface area (TPSA) is 19.4 Å². The third kappa shape index (κ3) is 2.71. The maximum atomic E-state index is 4.35. The smallest absolute Gasteiger partial charge is 0.107 e. The van der Waals surface area contributed by atoms with E-state index in [1.807, 2.05) is 6.20 Å². The highest BCUT2D eigenvalue weighted by Crippen LogP contribution is 2.17. The van der Waals surface area contributed by atoms with Gasteiger partial charge in [0.1, 0.15) is 5.01 Å². The van der Waals surface area contributed by atoms with Crippen LogP contribution in [-0.4, -0.2) is 36.1 Å². The molecule has 1 saturated heterocycles.